The number of hydrogen-bond acceptors (Lipinski definition) is 8. The summed E-state index contributed by atoms with van der Waals surface area (Å²) in [5.74, 6) is -0.549. The van der Waals surface area contributed by atoms with Gasteiger partial charge in [-0.25, -0.2) is 22.3 Å². The summed E-state index contributed by atoms with van der Waals surface area (Å²) in [5.41, 5.74) is 1.84. The number of anilines is 2. The van der Waals surface area contributed by atoms with E-state index in [9.17, 15) is 22.4 Å². The Bertz CT molecular complexity index is 1560. The number of methoxy groups -OCH3 is 1. The van der Waals surface area contributed by atoms with Gasteiger partial charge in [-0.3, -0.25) is 4.79 Å². The van der Waals surface area contributed by atoms with Crippen molar-refractivity contribution in [2.75, 3.05) is 44.0 Å². The fraction of sp³-hybridized carbons (Fsp3) is 0.375. The van der Waals surface area contributed by atoms with E-state index in [2.05, 4.69) is 15.4 Å². The van der Waals surface area contributed by atoms with Crippen LogP contribution in [0.2, 0.25) is 0 Å². The van der Waals surface area contributed by atoms with Crippen LogP contribution >= 0.6 is 0 Å². The number of nitrogens with one attached hydrogen (secondary N) is 3. The van der Waals surface area contributed by atoms with Crippen LogP contribution in [0.25, 0.3) is 0 Å². The zero-order valence-corrected chi connectivity index (χ0v) is 25.7. The lowest BCUT2D eigenvalue weighted by molar-refractivity contribution is -0.117. The number of benzene rings is 3. The van der Waals surface area contributed by atoms with Gasteiger partial charge in [0.05, 0.1) is 26.4 Å². The van der Waals surface area contributed by atoms with Gasteiger partial charge in [0.25, 0.3) is 0 Å². The molecule has 2 saturated heterocycles. The van der Waals surface area contributed by atoms with Crippen molar-refractivity contribution in [1.29, 1.82) is 0 Å². The molecule has 11 nitrogen and oxygen atoms in total. The first kappa shape index (κ1) is 32.2. The van der Waals surface area contributed by atoms with Crippen molar-refractivity contribution in [3.8, 4) is 5.75 Å². The van der Waals surface area contributed by atoms with E-state index < -0.39 is 21.9 Å². The zero-order valence-electron chi connectivity index (χ0n) is 24.9. The normalized spacial score (nSPS) is 16.4. The van der Waals surface area contributed by atoms with Gasteiger partial charge in [0, 0.05) is 30.5 Å². The molecule has 0 saturated carbocycles. The van der Waals surface area contributed by atoms with E-state index in [1.165, 1.54) is 37.4 Å². The van der Waals surface area contributed by atoms with E-state index in [1.54, 1.807) is 17.0 Å². The van der Waals surface area contributed by atoms with Gasteiger partial charge in [-0.2, -0.15) is 0 Å². The molecule has 1 atom stereocenters. The first-order valence-corrected chi connectivity index (χ1v) is 16.2. The lowest BCUT2D eigenvalue weighted by atomic mass is 9.89. The summed E-state index contributed by atoms with van der Waals surface area (Å²) in [6.07, 6.45) is 1.43. The second-order valence-corrected chi connectivity index (χ2v) is 12.8. The highest BCUT2D eigenvalue weighted by Gasteiger charge is 2.30. The Kier molecular flexibility index (Phi) is 10.5. The van der Waals surface area contributed by atoms with Gasteiger partial charge < -0.3 is 29.7 Å². The number of hydrogen-bond donors (Lipinski definition) is 3. The molecule has 3 aromatic rings. The van der Waals surface area contributed by atoms with Crippen molar-refractivity contribution in [2.24, 2.45) is 5.92 Å². The summed E-state index contributed by atoms with van der Waals surface area (Å²) < 4.78 is 57.8. The smallest absolute Gasteiger partial charge is 0.410 e. The summed E-state index contributed by atoms with van der Waals surface area (Å²) in [5, 5.41) is 6.08. The topological polar surface area (TPSA) is 135 Å². The summed E-state index contributed by atoms with van der Waals surface area (Å²) in [6, 6.07) is 18.6. The second kappa shape index (κ2) is 14.7. The molecule has 0 aromatic heterocycles. The van der Waals surface area contributed by atoms with E-state index in [-0.39, 0.29) is 41.2 Å². The zero-order chi connectivity index (χ0) is 31.8. The third-order valence-electron chi connectivity index (χ3n) is 7.83. The molecule has 3 N–H and O–H groups in total. The van der Waals surface area contributed by atoms with Crippen molar-refractivity contribution in [3.05, 3.63) is 84.2 Å². The first-order chi connectivity index (χ1) is 21.7. The predicted molar refractivity (Wildman–Crippen MR) is 166 cm³/mol. The highest BCUT2D eigenvalue weighted by atomic mass is 32.2. The summed E-state index contributed by atoms with van der Waals surface area (Å²) in [4.78, 5) is 27.9. The van der Waals surface area contributed by atoms with Crippen molar-refractivity contribution in [2.45, 2.75) is 42.8 Å². The number of piperidine rings is 1. The van der Waals surface area contributed by atoms with Crippen molar-refractivity contribution in [1.82, 2.24) is 9.62 Å². The molecule has 13 heteroatoms. The Morgan fingerprint density at radius 2 is 1.69 bits per heavy atom. The number of carbonyl (C=O) groups excluding carboxylic acids is 2. The van der Waals surface area contributed by atoms with Gasteiger partial charge >= 0.3 is 6.09 Å². The van der Waals surface area contributed by atoms with Crippen LogP contribution < -0.4 is 20.1 Å². The van der Waals surface area contributed by atoms with E-state index in [4.69, 9.17) is 14.2 Å². The van der Waals surface area contributed by atoms with Crippen molar-refractivity contribution in [3.63, 3.8) is 0 Å². The number of carbonyl (C=O) groups is 2. The molecular weight excluding hydrogens is 603 g/mol. The minimum Gasteiger partial charge on any atom is -0.495 e. The Labute approximate surface area is 262 Å². The molecule has 0 aliphatic carbocycles. The minimum atomic E-state index is -3.86. The Hall–Kier alpha value is -4.20. The molecule has 0 unspecified atom stereocenters. The van der Waals surface area contributed by atoms with Gasteiger partial charge in [0.2, 0.25) is 15.9 Å². The molecule has 240 valence electrons. The molecule has 5 rings (SSSR count). The molecule has 2 aliphatic rings. The van der Waals surface area contributed by atoms with Crippen LogP contribution in [0.1, 0.15) is 24.8 Å². The van der Waals surface area contributed by atoms with Gasteiger partial charge in [-0.1, -0.05) is 30.3 Å². The fourth-order valence-corrected chi connectivity index (χ4v) is 6.61. The van der Waals surface area contributed by atoms with Crippen LogP contribution in [0.5, 0.6) is 5.75 Å². The van der Waals surface area contributed by atoms with Crippen molar-refractivity contribution >= 4 is 33.4 Å². The molecule has 0 radical (unpaired) electrons. The molecule has 2 aliphatic heterocycles. The van der Waals surface area contributed by atoms with Crippen LogP contribution in [0.3, 0.4) is 0 Å². The standard InChI is InChI=1S/C32H37FN4O7S/c1-42-29-18-26(11-12-30(29)45(40,41)36-27-20-43-21-27)35-31(38)28(34-25-9-7-24(33)8-10-25)17-22-13-15-37(16-14-22)32(39)44-19-23-5-3-2-4-6-23/h2-12,18,22,27-28,34,36H,13-17,19-21H2,1H3,(H,35,38)/t28-/m0/s1. The summed E-state index contributed by atoms with van der Waals surface area (Å²) in [6.45, 7) is 1.80. The number of nitrogens with zero attached hydrogens (tertiary/aromatic N) is 1. The molecule has 0 spiro atoms. The van der Waals surface area contributed by atoms with E-state index in [1.807, 2.05) is 30.3 Å². The maximum atomic E-state index is 13.6. The van der Waals surface area contributed by atoms with Gasteiger partial charge in [0.1, 0.15) is 29.1 Å². The van der Waals surface area contributed by atoms with Gasteiger partial charge in [-0.15, -0.1) is 0 Å². The largest absolute Gasteiger partial charge is 0.495 e. The molecule has 45 heavy (non-hydrogen) atoms. The number of rotatable bonds is 12. The maximum absolute atomic E-state index is 13.6. The molecule has 2 heterocycles. The predicted octanol–water partition coefficient (Wildman–Crippen LogP) is 4.37. The molecule has 0 bridgehead atoms. The fourth-order valence-electron chi connectivity index (χ4n) is 5.26. The van der Waals surface area contributed by atoms with E-state index >= 15 is 0 Å². The highest BCUT2D eigenvalue weighted by Crippen LogP contribution is 2.29. The van der Waals surface area contributed by atoms with Gasteiger partial charge in [-0.05, 0) is 67.1 Å². The second-order valence-electron chi connectivity index (χ2n) is 11.1. The lowest BCUT2D eigenvalue weighted by Crippen LogP contribution is -2.48. The molecule has 3 aromatic carbocycles. The Morgan fingerprint density at radius 1 is 1.00 bits per heavy atom. The highest BCUT2D eigenvalue weighted by molar-refractivity contribution is 7.89. The summed E-state index contributed by atoms with van der Waals surface area (Å²) in [7, 11) is -2.51. The quantitative estimate of drug-likeness (QED) is 0.266. The van der Waals surface area contributed by atoms with Gasteiger partial charge in [0.15, 0.2) is 0 Å². The van der Waals surface area contributed by atoms with Crippen LogP contribution in [0.4, 0.5) is 20.6 Å². The third-order valence-corrected chi connectivity index (χ3v) is 9.39. The Morgan fingerprint density at radius 3 is 2.33 bits per heavy atom. The number of ether oxygens (including phenoxy) is 3. The van der Waals surface area contributed by atoms with Crippen LogP contribution in [-0.2, 0) is 30.9 Å². The SMILES string of the molecule is COc1cc(NC(=O)[C@H](CC2CCN(C(=O)OCc3ccccc3)CC2)Nc2ccc(F)cc2)ccc1S(=O)(=O)NC1COC1. The monoisotopic (exact) mass is 640 g/mol. The first-order valence-electron chi connectivity index (χ1n) is 14.8. The van der Waals surface area contributed by atoms with Crippen LogP contribution in [-0.4, -0.2) is 70.8 Å². The number of likely N-dealkylation sites (tertiary alicyclic amines) is 1. The third kappa shape index (κ3) is 8.71. The van der Waals surface area contributed by atoms with Crippen molar-refractivity contribution < 1.29 is 36.6 Å². The Balaban J connectivity index is 1.22. The number of sulfonamides is 1. The molecule has 2 amide bonds. The number of halogens is 1. The number of amides is 2. The minimum absolute atomic E-state index is 0.0510. The molecular formula is C32H37FN4O7S. The van der Waals surface area contributed by atoms with Crippen LogP contribution in [0.15, 0.2) is 77.7 Å². The maximum Gasteiger partial charge on any atom is 0.410 e. The average Bonchev–Trinajstić information content (AvgIpc) is 3.03. The lowest BCUT2D eigenvalue weighted by Gasteiger charge is -2.33. The average molecular weight is 641 g/mol. The summed E-state index contributed by atoms with van der Waals surface area (Å²) >= 11 is 0. The van der Waals surface area contributed by atoms with Crippen LogP contribution in [0, 0.1) is 11.7 Å². The molecule has 2 fully saturated rings. The van der Waals surface area contributed by atoms with E-state index in [0.29, 0.717) is 56.9 Å². The van der Waals surface area contributed by atoms with E-state index in [0.717, 1.165) is 5.56 Å².